The lowest BCUT2D eigenvalue weighted by Gasteiger charge is -2.39. The second-order valence-corrected chi connectivity index (χ2v) is 6.90. The van der Waals surface area contributed by atoms with Crippen LogP contribution in [0.1, 0.15) is 48.7 Å². The molecule has 1 aromatic rings. The molecule has 3 heterocycles. The first-order valence-electron chi connectivity index (χ1n) is 8.59. The molecule has 2 saturated heterocycles. The van der Waals surface area contributed by atoms with E-state index in [1.165, 1.54) is 6.33 Å². The number of nitrogens with zero attached hydrogens (tertiary/aromatic N) is 3. The fourth-order valence-corrected chi connectivity index (χ4v) is 3.80. The van der Waals surface area contributed by atoms with Gasteiger partial charge in [-0.15, -0.1) is 0 Å². The maximum Gasteiger partial charge on any atom is 0.320 e. The number of carbonyl (C=O) groups is 2. The third kappa shape index (κ3) is 3.26. The first kappa shape index (κ1) is 16.8. The molecule has 2 N–H and O–H groups in total. The van der Waals surface area contributed by atoms with E-state index in [2.05, 4.69) is 22.2 Å². The van der Waals surface area contributed by atoms with E-state index < -0.39 is 12.0 Å². The molecule has 7 nitrogen and oxygen atoms in total. The molecule has 7 heteroatoms. The average Bonchev–Trinajstić information content (AvgIpc) is 3.00. The van der Waals surface area contributed by atoms with E-state index in [1.807, 2.05) is 4.90 Å². The number of hydrogen-bond donors (Lipinski definition) is 2. The van der Waals surface area contributed by atoms with Crippen molar-refractivity contribution in [3.63, 3.8) is 0 Å². The third-order valence-corrected chi connectivity index (χ3v) is 5.28. The zero-order valence-corrected chi connectivity index (χ0v) is 14.0. The SMILES string of the molecule is CCCc1ncncc1C(=O)N1CCC2(CC1)CN[C@H](C(=O)O)C2. The Bertz CT molecular complexity index is 626. The Morgan fingerprint density at radius 2 is 2.17 bits per heavy atom. The quantitative estimate of drug-likeness (QED) is 0.857. The van der Waals surface area contributed by atoms with Crippen molar-refractivity contribution in [1.82, 2.24) is 20.2 Å². The lowest BCUT2D eigenvalue weighted by molar-refractivity contribution is -0.139. The van der Waals surface area contributed by atoms with E-state index in [-0.39, 0.29) is 11.3 Å². The fraction of sp³-hybridized carbons (Fsp3) is 0.647. The molecule has 0 unspecified atom stereocenters. The number of rotatable bonds is 4. The van der Waals surface area contributed by atoms with E-state index in [9.17, 15) is 9.59 Å². The number of nitrogens with one attached hydrogen (secondary N) is 1. The second kappa shape index (κ2) is 6.84. The molecular weight excluding hydrogens is 308 g/mol. The molecule has 0 bridgehead atoms. The molecule has 1 aromatic heterocycles. The highest BCUT2D eigenvalue weighted by Gasteiger charge is 2.44. The smallest absolute Gasteiger partial charge is 0.320 e. The summed E-state index contributed by atoms with van der Waals surface area (Å²) in [4.78, 5) is 34.1. The van der Waals surface area contributed by atoms with Crippen LogP contribution < -0.4 is 5.32 Å². The minimum Gasteiger partial charge on any atom is -0.480 e. The summed E-state index contributed by atoms with van der Waals surface area (Å²) >= 11 is 0. The first-order chi connectivity index (χ1) is 11.5. The van der Waals surface area contributed by atoms with Gasteiger partial charge in [0.1, 0.15) is 12.4 Å². The van der Waals surface area contributed by atoms with Crippen molar-refractivity contribution in [3.05, 3.63) is 23.8 Å². The van der Waals surface area contributed by atoms with E-state index >= 15 is 0 Å². The molecule has 3 rings (SSSR count). The monoisotopic (exact) mass is 332 g/mol. The van der Waals surface area contributed by atoms with Crippen molar-refractivity contribution >= 4 is 11.9 Å². The van der Waals surface area contributed by atoms with Gasteiger partial charge in [-0.2, -0.15) is 0 Å². The van der Waals surface area contributed by atoms with Gasteiger partial charge in [-0.3, -0.25) is 9.59 Å². The number of aryl methyl sites for hydroxylation is 1. The highest BCUT2D eigenvalue weighted by molar-refractivity contribution is 5.95. The van der Waals surface area contributed by atoms with Crippen LogP contribution in [0, 0.1) is 5.41 Å². The number of carboxylic acid groups (broad SMARTS) is 1. The summed E-state index contributed by atoms with van der Waals surface area (Å²) in [5.74, 6) is -0.786. The van der Waals surface area contributed by atoms with E-state index in [0.717, 1.165) is 37.9 Å². The maximum atomic E-state index is 12.8. The minimum atomic E-state index is -0.781. The summed E-state index contributed by atoms with van der Waals surface area (Å²) in [5, 5.41) is 12.3. The Balaban J connectivity index is 1.65. The maximum absolute atomic E-state index is 12.8. The van der Waals surface area contributed by atoms with Gasteiger partial charge in [-0.05, 0) is 31.1 Å². The topological polar surface area (TPSA) is 95.4 Å². The molecule has 0 radical (unpaired) electrons. The van der Waals surface area contributed by atoms with Crippen molar-refractivity contribution in [1.29, 1.82) is 0 Å². The molecule has 1 amide bonds. The number of aromatic nitrogens is 2. The highest BCUT2D eigenvalue weighted by Crippen LogP contribution is 2.39. The Labute approximate surface area is 141 Å². The number of likely N-dealkylation sites (tertiary alicyclic amines) is 1. The lowest BCUT2D eigenvalue weighted by Crippen LogP contribution is -2.44. The molecule has 1 spiro atoms. The van der Waals surface area contributed by atoms with Gasteiger partial charge in [0.25, 0.3) is 5.91 Å². The van der Waals surface area contributed by atoms with Crippen molar-refractivity contribution in [3.8, 4) is 0 Å². The Morgan fingerprint density at radius 1 is 1.42 bits per heavy atom. The second-order valence-electron chi connectivity index (χ2n) is 6.90. The van der Waals surface area contributed by atoms with Crippen molar-refractivity contribution < 1.29 is 14.7 Å². The lowest BCUT2D eigenvalue weighted by atomic mass is 9.76. The zero-order chi connectivity index (χ0) is 17.2. The highest BCUT2D eigenvalue weighted by atomic mass is 16.4. The van der Waals surface area contributed by atoms with Crippen molar-refractivity contribution in [2.45, 2.75) is 45.1 Å². The standard InChI is InChI=1S/C17H24N4O3/c1-2-3-13-12(9-18-11-20-13)15(22)21-6-4-17(5-7-21)8-14(16(23)24)19-10-17/h9,11,14,19H,2-8,10H2,1H3,(H,23,24)/t14-/m0/s1. The molecule has 130 valence electrons. The minimum absolute atomic E-state index is 0.00496. The molecule has 0 saturated carbocycles. The molecular formula is C17H24N4O3. The van der Waals surface area contributed by atoms with Crippen LogP contribution >= 0.6 is 0 Å². The van der Waals surface area contributed by atoms with Crippen LogP contribution in [0.2, 0.25) is 0 Å². The summed E-state index contributed by atoms with van der Waals surface area (Å²) in [5.41, 5.74) is 1.42. The molecule has 0 aliphatic carbocycles. The number of amides is 1. The number of carbonyl (C=O) groups excluding carboxylic acids is 1. The normalized spacial score (nSPS) is 22.7. The third-order valence-electron chi connectivity index (χ3n) is 5.28. The number of aliphatic carboxylic acids is 1. The van der Waals surface area contributed by atoms with E-state index in [0.29, 0.717) is 25.1 Å². The molecule has 0 aromatic carbocycles. The fourth-order valence-electron chi connectivity index (χ4n) is 3.80. The van der Waals surface area contributed by atoms with Crippen molar-refractivity contribution in [2.75, 3.05) is 19.6 Å². The number of carboxylic acids is 1. The predicted molar refractivity (Wildman–Crippen MR) is 87.6 cm³/mol. The van der Waals surface area contributed by atoms with Crippen LogP contribution in [0.5, 0.6) is 0 Å². The number of hydrogen-bond acceptors (Lipinski definition) is 5. The summed E-state index contributed by atoms with van der Waals surface area (Å²) in [6.07, 6.45) is 7.14. The van der Waals surface area contributed by atoms with Gasteiger partial charge in [0.15, 0.2) is 0 Å². The summed E-state index contributed by atoms with van der Waals surface area (Å²) < 4.78 is 0. The Hall–Kier alpha value is -2.02. The van der Waals surface area contributed by atoms with Gasteiger partial charge in [0.2, 0.25) is 0 Å². The molecule has 2 aliphatic heterocycles. The predicted octanol–water partition coefficient (Wildman–Crippen LogP) is 1.10. The van der Waals surface area contributed by atoms with E-state index in [1.54, 1.807) is 6.20 Å². The van der Waals surface area contributed by atoms with Crippen LogP contribution in [0.15, 0.2) is 12.5 Å². The number of piperidine rings is 1. The zero-order valence-electron chi connectivity index (χ0n) is 14.0. The molecule has 2 fully saturated rings. The van der Waals surface area contributed by atoms with Crippen LogP contribution in [-0.2, 0) is 11.2 Å². The van der Waals surface area contributed by atoms with Gasteiger partial charge in [0, 0.05) is 25.8 Å². The molecule has 24 heavy (non-hydrogen) atoms. The van der Waals surface area contributed by atoms with Gasteiger partial charge in [0.05, 0.1) is 11.3 Å². The first-order valence-corrected chi connectivity index (χ1v) is 8.59. The average molecular weight is 332 g/mol. The molecule has 1 atom stereocenters. The van der Waals surface area contributed by atoms with Crippen LogP contribution in [0.4, 0.5) is 0 Å². The largest absolute Gasteiger partial charge is 0.480 e. The van der Waals surface area contributed by atoms with Gasteiger partial charge in [-0.25, -0.2) is 9.97 Å². The van der Waals surface area contributed by atoms with Crippen LogP contribution in [-0.4, -0.2) is 57.5 Å². The van der Waals surface area contributed by atoms with Crippen LogP contribution in [0.25, 0.3) is 0 Å². The Kier molecular flexibility index (Phi) is 4.80. The van der Waals surface area contributed by atoms with E-state index in [4.69, 9.17) is 5.11 Å². The van der Waals surface area contributed by atoms with Gasteiger partial charge in [-0.1, -0.05) is 13.3 Å². The van der Waals surface area contributed by atoms with Gasteiger partial charge < -0.3 is 15.3 Å². The van der Waals surface area contributed by atoms with Gasteiger partial charge >= 0.3 is 5.97 Å². The van der Waals surface area contributed by atoms with Crippen LogP contribution in [0.3, 0.4) is 0 Å². The van der Waals surface area contributed by atoms with Crippen molar-refractivity contribution in [2.24, 2.45) is 5.41 Å². The molecule has 2 aliphatic rings. The summed E-state index contributed by atoms with van der Waals surface area (Å²) in [6.45, 7) is 4.11. The summed E-state index contributed by atoms with van der Waals surface area (Å²) in [7, 11) is 0. The Morgan fingerprint density at radius 3 is 2.79 bits per heavy atom. The summed E-state index contributed by atoms with van der Waals surface area (Å²) in [6, 6.07) is -0.453.